The summed E-state index contributed by atoms with van der Waals surface area (Å²) in [6.07, 6.45) is 2.77. The number of aliphatic hydroxyl groups is 3. The lowest BCUT2D eigenvalue weighted by Gasteiger charge is -2.60. The minimum atomic E-state index is -0.694. The van der Waals surface area contributed by atoms with E-state index in [9.17, 15) is 24.9 Å². The lowest BCUT2D eigenvalue weighted by atomic mass is 9.46. The van der Waals surface area contributed by atoms with Crippen LogP contribution in [0.15, 0.2) is 24.3 Å². The van der Waals surface area contributed by atoms with Crippen LogP contribution in [-0.2, 0) is 9.53 Å². The highest BCUT2D eigenvalue weighted by molar-refractivity contribution is 5.84. The van der Waals surface area contributed by atoms with E-state index in [0.717, 1.165) is 18.4 Å². The summed E-state index contributed by atoms with van der Waals surface area (Å²) in [4.78, 5) is 27.8. The molecule has 0 aromatic heterocycles. The molecule has 0 spiro atoms. The molecule has 4 N–H and O–H groups in total. The largest absolute Gasteiger partial charge is 0.445 e. The molecule has 2 amide bonds. The Morgan fingerprint density at radius 3 is 2.50 bits per heavy atom. The number of carbonyl (C=O) groups is 2. The first kappa shape index (κ1) is 26.9. The van der Waals surface area contributed by atoms with Crippen molar-refractivity contribution in [3.8, 4) is 0 Å². The molecule has 1 heterocycles. The van der Waals surface area contributed by atoms with Gasteiger partial charge in [-0.05, 0) is 74.8 Å². The van der Waals surface area contributed by atoms with Crippen LogP contribution < -0.4 is 5.32 Å². The molecule has 0 radical (unpaired) electrons. The first-order chi connectivity index (χ1) is 17.1. The first-order valence-corrected chi connectivity index (χ1v) is 13.4. The standard InChI is InChI=1S/C28H42N2O6/c1-18-6-8-19(9-7-18)29-26(35)36-24-12-13-27(2)21(15-25(34)30-14-4-5-20(30)16-31)22(33)10-11-23(27)28(24,3)17-32/h6-9,20-24,31-33H,4-5,10-17H2,1-3H3,(H,29,35)/t20-,21+,22+,23-,24-,27+,28-/m0/s1. The van der Waals surface area contributed by atoms with Gasteiger partial charge in [-0.25, -0.2) is 4.79 Å². The Morgan fingerprint density at radius 2 is 1.83 bits per heavy atom. The number of nitrogens with one attached hydrogen (secondary N) is 1. The third-order valence-electron chi connectivity index (χ3n) is 9.53. The van der Waals surface area contributed by atoms with Gasteiger partial charge in [-0.15, -0.1) is 0 Å². The van der Waals surface area contributed by atoms with Gasteiger partial charge in [-0.1, -0.05) is 31.5 Å². The maximum absolute atomic E-state index is 13.3. The number of hydrogen-bond donors (Lipinski definition) is 4. The second-order valence-corrected chi connectivity index (χ2v) is 11.7. The molecule has 3 aliphatic rings. The van der Waals surface area contributed by atoms with E-state index in [0.29, 0.717) is 37.9 Å². The Bertz CT molecular complexity index is 938. The number of carbonyl (C=O) groups excluding carboxylic acids is 2. The Balaban J connectivity index is 1.49. The molecule has 0 bridgehead atoms. The van der Waals surface area contributed by atoms with Gasteiger partial charge in [-0.3, -0.25) is 10.1 Å². The molecule has 1 aromatic carbocycles. The Hall–Kier alpha value is -2.16. The second kappa shape index (κ2) is 10.7. The van der Waals surface area contributed by atoms with Crippen LogP contribution in [0, 0.1) is 29.6 Å². The average molecular weight is 503 g/mol. The van der Waals surface area contributed by atoms with Crippen molar-refractivity contribution >= 4 is 17.7 Å². The zero-order valence-corrected chi connectivity index (χ0v) is 21.8. The van der Waals surface area contributed by atoms with Crippen molar-refractivity contribution in [2.75, 3.05) is 25.1 Å². The molecule has 1 saturated heterocycles. The van der Waals surface area contributed by atoms with Gasteiger partial charge >= 0.3 is 6.09 Å². The third-order valence-corrected chi connectivity index (χ3v) is 9.53. The molecule has 200 valence electrons. The van der Waals surface area contributed by atoms with Crippen LogP contribution in [0.5, 0.6) is 0 Å². The summed E-state index contributed by atoms with van der Waals surface area (Å²) < 4.78 is 5.90. The van der Waals surface area contributed by atoms with Crippen molar-refractivity contribution in [2.45, 2.75) is 84.0 Å². The van der Waals surface area contributed by atoms with E-state index in [1.54, 1.807) is 4.90 Å². The molecule has 1 aliphatic heterocycles. The van der Waals surface area contributed by atoms with Gasteiger partial charge in [0.25, 0.3) is 0 Å². The molecule has 8 heteroatoms. The molecular weight excluding hydrogens is 460 g/mol. The van der Waals surface area contributed by atoms with Gasteiger partial charge in [0.1, 0.15) is 6.10 Å². The van der Waals surface area contributed by atoms with E-state index in [1.807, 2.05) is 38.1 Å². The lowest BCUT2D eigenvalue weighted by molar-refractivity contribution is -0.186. The number of hydrogen-bond acceptors (Lipinski definition) is 6. The number of fused-ring (bicyclic) bond motifs is 1. The zero-order valence-electron chi connectivity index (χ0n) is 21.8. The Kier molecular flexibility index (Phi) is 7.98. The monoisotopic (exact) mass is 502 g/mol. The summed E-state index contributed by atoms with van der Waals surface area (Å²) in [5.74, 6) is -0.287. The smallest absolute Gasteiger partial charge is 0.411 e. The number of aryl methyl sites for hydroxylation is 1. The molecule has 3 fully saturated rings. The van der Waals surface area contributed by atoms with Crippen LogP contribution in [0.4, 0.5) is 10.5 Å². The van der Waals surface area contributed by atoms with Gasteiger partial charge in [-0.2, -0.15) is 0 Å². The number of benzene rings is 1. The van der Waals surface area contributed by atoms with Gasteiger partial charge in [0.05, 0.1) is 25.4 Å². The van der Waals surface area contributed by atoms with Crippen LogP contribution in [0.25, 0.3) is 0 Å². The number of rotatable bonds is 6. The molecular formula is C28H42N2O6. The van der Waals surface area contributed by atoms with Crippen molar-refractivity contribution < 1.29 is 29.6 Å². The fraction of sp³-hybridized carbons (Fsp3) is 0.714. The normalized spacial score (nSPS) is 36.3. The summed E-state index contributed by atoms with van der Waals surface area (Å²) in [7, 11) is 0. The summed E-state index contributed by atoms with van der Waals surface area (Å²) in [6, 6.07) is 7.34. The van der Waals surface area contributed by atoms with Crippen molar-refractivity contribution in [1.82, 2.24) is 4.90 Å². The molecule has 1 aromatic rings. The number of anilines is 1. The molecule has 4 rings (SSSR count). The maximum atomic E-state index is 13.3. The molecule has 2 aliphatic carbocycles. The second-order valence-electron chi connectivity index (χ2n) is 11.7. The maximum Gasteiger partial charge on any atom is 0.411 e. The Morgan fingerprint density at radius 1 is 1.11 bits per heavy atom. The minimum Gasteiger partial charge on any atom is -0.445 e. The van der Waals surface area contributed by atoms with Crippen LogP contribution in [0.2, 0.25) is 0 Å². The highest BCUT2D eigenvalue weighted by atomic mass is 16.6. The third kappa shape index (κ3) is 5.00. The molecule has 36 heavy (non-hydrogen) atoms. The predicted octanol–water partition coefficient (Wildman–Crippen LogP) is 3.47. The fourth-order valence-electron chi connectivity index (χ4n) is 7.35. The topological polar surface area (TPSA) is 119 Å². The van der Waals surface area contributed by atoms with Crippen LogP contribution in [0.1, 0.15) is 64.4 Å². The van der Waals surface area contributed by atoms with Gasteiger partial charge in [0.15, 0.2) is 0 Å². The van der Waals surface area contributed by atoms with Gasteiger partial charge in [0.2, 0.25) is 5.91 Å². The highest BCUT2D eigenvalue weighted by Gasteiger charge is 2.60. The summed E-state index contributed by atoms with van der Waals surface area (Å²) in [6.45, 7) is 6.54. The first-order valence-electron chi connectivity index (χ1n) is 13.4. The van der Waals surface area contributed by atoms with Crippen molar-refractivity contribution in [2.24, 2.45) is 22.7 Å². The van der Waals surface area contributed by atoms with E-state index in [2.05, 4.69) is 12.2 Å². The van der Waals surface area contributed by atoms with Gasteiger partial charge < -0.3 is 25.0 Å². The summed E-state index contributed by atoms with van der Waals surface area (Å²) in [5.41, 5.74) is 0.671. The zero-order chi connectivity index (χ0) is 26.1. The fourth-order valence-corrected chi connectivity index (χ4v) is 7.35. The SMILES string of the molecule is Cc1ccc(NC(=O)O[C@H]2CC[C@@]3(C)[C@H](CC[C@@H](O)[C@H]3CC(=O)N3CCC[C@H]3CO)[C@]2(C)CO)cc1. The average Bonchev–Trinajstić information content (AvgIpc) is 3.34. The van der Waals surface area contributed by atoms with E-state index in [1.165, 1.54) is 0 Å². The number of nitrogens with zero attached hydrogens (tertiary/aromatic N) is 1. The van der Waals surface area contributed by atoms with Crippen molar-refractivity contribution in [3.05, 3.63) is 29.8 Å². The number of aliphatic hydroxyl groups excluding tert-OH is 3. The highest BCUT2D eigenvalue weighted by Crippen LogP contribution is 2.61. The summed E-state index contributed by atoms with van der Waals surface area (Å²) in [5, 5.41) is 34.1. The molecule has 8 nitrogen and oxygen atoms in total. The van der Waals surface area contributed by atoms with E-state index in [-0.39, 0.29) is 48.8 Å². The van der Waals surface area contributed by atoms with E-state index in [4.69, 9.17) is 4.74 Å². The molecule has 2 saturated carbocycles. The van der Waals surface area contributed by atoms with Gasteiger partial charge in [0, 0.05) is 24.1 Å². The number of ether oxygens (including phenoxy) is 1. The van der Waals surface area contributed by atoms with E-state index < -0.39 is 23.7 Å². The summed E-state index contributed by atoms with van der Waals surface area (Å²) >= 11 is 0. The Labute approximate surface area is 214 Å². The number of amides is 2. The molecule has 0 unspecified atom stereocenters. The van der Waals surface area contributed by atoms with Crippen LogP contribution in [-0.4, -0.2) is 70.2 Å². The van der Waals surface area contributed by atoms with Crippen molar-refractivity contribution in [1.29, 1.82) is 0 Å². The molecule has 7 atom stereocenters. The van der Waals surface area contributed by atoms with Crippen molar-refractivity contribution in [3.63, 3.8) is 0 Å². The van der Waals surface area contributed by atoms with Crippen LogP contribution >= 0.6 is 0 Å². The predicted molar refractivity (Wildman–Crippen MR) is 136 cm³/mol. The van der Waals surface area contributed by atoms with E-state index >= 15 is 0 Å². The minimum absolute atomic E-state index is 0.0148. The lowest BCUT2D eigenvalue weighted by Crippen LogP contribution is -2.61. The number of likely N-dealkylation sites (tertiary alicyclic amines) is 1. The quantitative estimate of drug-likeness (QED) is 0.473. The van der Waals surface area contributed by atoms with Crippen LogP contribution in [0.3, 0.4) is 0 Å².